The van der Waals surface area contributed by atoms with E-state index in [9.17, 15) is 22.5 Å². The van der Waals surface area contributed by atoms with Crippen molar-refractivity contribution < 1.29 is 40.8 Å². The van der Waals surface area contributed by atoms with Crippen LogP contribution in [0.1, 0.15) is 34.6 Å². The maximum atomic E-state index is 13.0. The number of ether oxygens (including phenoxy) is 1. The first kappa shape index (κ1) is 22.4. The first-order chi connectivity index (χ1) is 10.4. The zero-order valence-electron chi connectivity index (χ0n) is 13.9. The first-order valence-electron chi connectivity index (χ1n) is 7.22. The average Bonchev–Trinajstić information content (AvgIpc) is 2.40. The number of esters is 1. The Morgan fingerprint density at radius 2 is 1.48 bits per heavy atom. The van der Waals surface area contributed by atoms with Gasteiger partial charge in [-0.15, -0.1) is 0 Å². The molecule has 0 fully saturated rings. The highest BCUT2D eigenvalue weighted by molar-refractivity contribution is 7.48. The number of phosphoric ester groups is 1. The van der Waals surface area contributed by atoms with Crippen molar-refractivity contribution in [3.63, 3.8) is 0 Å². The van der Waals surface area contributed by atoms with E-state index in [1.807, 2.05) is 0 Å². The Balaban J connectivity index is 5.25. The molecule has 0 heterocycles. The molecule has 0 unspecified atom stereocenters. The Bertz CT molecular complexity index is 395. The molecule has 0 amide bonds. The van der Waals surface area contributed by atoms with Crippen molar-refractivity contribution in [2.75, 3.05) is 19.8 Å². The summed E-state index contributed by atoms with van der Waals surface area (Å²) in [7, 11) is -4.58. The minimum Gasteiger partial charge on any atom is -0.464 e. The second-order valence-corrected chi connectivity index (χ2v) is 7.23. The van der Waals surface area contributed by atoms with Gasteiger partial charge in [0.15, 0.2) is 0 Å². The highest BCUT2D eigenvalue weighted by atomic mass is 31.2. The quantitative estimate of drug-likeness (QED) is 0.432. The Hall–Kier alpha value is -0.630. The number of carbonyl (C=O) groups is 1. The van der Waals surface area contributed by atoms with Crippen LogP contribution in [0.5, 0.6) is 0 Å². The number of phosphoric acid groups is 1. The zero-order chi connectivity index (χ0) is 18.3. The largest absolute Gasteiger partial charge is 0.475 e. The van der Waals surface area contributed by atoms with Gasteiger partial charge in [-0.05, 0) is 18.8 Å². The highest BCUT2D eigenvalue weighted by Crippen LogP contribution is 2.53. The second kappa shape index (κ2) is 9.61. The van der Waals surface area contributed by atoms with E-state index in [1.165, 1.54) is 6.92 Å². The van der Waals surface area contributed by atoms with E-state index in [4.69, 9.17) is 9.05 Å². The van der Waals surface area contributed by atoms with Gasteiger partial charge >= 0.3 is 20.0 Å². The van der Waals surface area contributed by atoms with Crippen LogP contribution in [-0.4, -0.2) is 38.1 Å². The number of rotatable bonds is 10. The van der Waals surface area contributed by atoms with Gasteiger partial charge < -0.3 is 4.74 Å². The van der Waals surface area contributed by atoms with Gasteiger partial charge in [-0.3, -0.25) is 13.6 Å². The fourth-order valence-corrected chi connectivity index (χ4v) is 2.78. The molecule has 0 radical (unpaired) electrons. The molecule has 0 aliphatic rings. The summed E-state index contributed by atoms with van der Waals surface area (Å²) in [6, 6.07) is 0. The van der Waals surface area contributed by atoms with E-state index in [0.717, 1.165) is 0 Å². The predicted octanol–water partition coefficient (Wildman–Crippen LogP) is 3.95. The normalized spacial score (nSPS) is 14.3. The molecule has 0 aliphatic carbocycles. The van der Waals surface area contributed by atoms with E-state index in [2.05, 4.69) is 9.26 Å². The summed E-state index contributed by atoms with van der Waals surface area (Å²) in [5.41, 5.74) is 0. The number of alkyl halides is 3. The minimum atomic E-state index is -5.11. The first-order valence-corrected chi connectivity index (χ1v) is 8.68. The van der Waals surface area contributed by atoms with Crippen molar-refractivity contribution in [1.29, 1.82) is 0 Å². The molecule has 0 N–H and O–H groups in total. The molecule has 10 heteroatoms. The molecule has 138 valence electrons. The van der Waals surface area contributed by atoms with Crippen LogP contribution >= 0.6 is 7.82 Å². The van der Waals surface area contributed by atoms with Crippen LogP contribution in [0.15, 0.2) is 0 Å². The SMILES string of the molecule is CCOC(=O)[C@@H](OP(=O)(OCC(C)C)OCC(C)C)C(F)(F)F. The van der Waals surface area contributed by atoms with Gasteiger partial charge in [0.25, 0.3) is 6.10 Å². The highest BCUT2D eigenvalue weighted by Gasteiger charge is 2.52. The van der Waals surface area contributed by atoms with Crippen LogP contribution in [0.4, 0.5) is 13.2 Å². The van der Waals surface area contributed by atoms with Crippen LogP contribution in [0.25, 0.3) is 0 Å². The number of hydrogen-bond acceptors (Lipinski definition) is 6. The van der Waals surface area contributed by atoms with Gasteiger partial charge in [-0.2, -0.15) is 13.2 Å². The maximum absolute atomic E-state index is 13.0. The van der Waals surface area contributed by atoms with Gasteiger partial charge in [-0.1, -0.05) is 27.7 Å². The Kier molecular flexibility index (Phi) is 9.35. The van der Waals surface area contributed by atoms with E-state index in [0.29, 0.717) is 0 Å². The Morgan fingerprint density at radius 1 is 1.04 bits per heavy atom. The van der Waals surface area contributed by atoms with Crippen LogP contribution in [0.2, 0.25) is 0 Å². The monoisotopic (exact) mass is 364 g/mol. The lowest BCUT2D eigenvalue weighted by Gasteiger charge is -2.25. The zero-order valence-corrected chi connectivity index (χ0v) is 14.8. The van der Waals surface area contributed by atoms with Crippen LogP contribution in [0, 0.1) is 11.8 Å². The molecule has 0 saturated heterocycles. The summed E-state index contributed by atoms with van der Waals surface area (Å²) in [4.78, 5) is 11.4. The fourth-order valence-electron chi connectivity index (χ4n) is 1.16. The summed E-state index contributed by atoms with van der Waals surface area (Å²) in [5.74, 6) is -1.94. The Morgan fingerprint density at radius 3 is 1.78 bits per heavy atom. The molecule has 0 aromatic rings. The molecule has 0 aromatic heterocycles. The van der Waals surface area contributed by atoms with Gasteiger partial charge in [-0.25, -0.2) is 9.36 Å². The average molecular weight is 364 g/mol. The fraction of sp³-hybridized carbons (Fsp3) is 0.923. The summed E-state index contributed by atoms with van der Waals surface area (Å²) in [6.07, 6.45) is -8.14. The Labute approximate surface area is 134 Å². The number of carbonyl (C=O) groups excluding carboxylic acids is 1. The standard InChI is InChI=1S/C13H24F3O6P/c1-6-19-12(17)11(13(14,15)16)22-23(18,20-7-9(2)3)21-8-10(4)5/h9-11H,6-8H2,1-5H3/t11-/m1/s1. The van der Waals surface area contributed by atoms with E-state index >= 15 is 0 Å². The molecule has 0 bridgehead atoms. The van der Waals surface area contributed by atoms with E-state index < -0.39 is 26.1 Å². The second-order valence-electron chi connectivity index (χ2n) is 5.61. The third-order valence-electron chi connectivity index (χ3n) is 2.16. The maximum Gasteiger partial charge on any atom is 0.475 e. The molecular formula is C13H24F3O6P. The minimum absolute atomic E-state index is 0.124. The number of halogens is 3. The summed E-state index contributed by atoms with van der Waals surface area (Å²) in [6.45, 7) is 7.59. The topological polar surface area (TPSA) is 71.1 Å². The van der Waals surface area contributed by atoms with Crippen LogP contribution in [0.3, 0.4) is 0 Å². The van der Waals surface area contributed by atoms with Gasteiger partial charge in [0.05, 0.1) is 19.8 Å². The van der Waals surface area contributed by atoms with Crippen molar-refractivity contribution in [3.05, 3.63) is 0 Å². The third-order valence-corrected chi connectivity index (χ3v) is 3.56. The molecule has 0 rings (SSSR count). The van der Waals surface area contributed by atoms with Crippen molar-refractivity contribution in [2.45, 2.75) is 46.9 Å². The van der Waals surface area contributed by atoms with Crippen LogP contribution < -0.4 is 0 Å². The van der Waals surface area contributed by atoms with Crippen molar-refractivity contribution in [3.8, 4) is 0 Å². The van der Waals surface area contributed by atoms with Gasteiger partial charge in [0.2, 0.25) is 0 Å². The van der Waals surface area contributed by atoms with Crippen molar-refractivity contribution >= 4 is 13.8 Å². The molecule has 23 heavy (non-hydrogen) atoms. The molecule has 1 atom stereocenters. The van der Waals surface area contributed by atoms with Gasteiger partial charge in [0, 0.05) is 0 Å². The predicted molar refractivity (Wildman–Crippen MR) is 76.7 cm³/mol. The summed E-state index contributed by atoms with van der Waals surface area (Å²) >= 11 is 0. The third kappa shape index (κ3) is 9.30. The lowest BCUT2D eigenvalue weighted by atomic mass is 10.2. The molecule has 6 nitrogen and oxygen atoms in total. The summed E-state index contributed by atoms with van der Waals surface area (Å²) in [5, 5.41) is 0. The molecular weight excluding hydrogens is 340 g/mol. The van der Waals surface area contributed by atoms with Crippen molar-refractivity contribution in [1.82, 2.24) is 0 Å². The summed E-state index contributed by atoms with van der Waals surface area (Å²) < 4.78 is 69.8. The molecule has 0 aliphatic heterocycles. The van der Waals surface area contributed by atoms with Crippen LogP contribution in [-0.2, 0) is 27.7 Å². The molecule has 0 aromatic carbocycles. The van der Waals surface area contributed by atoms with Gasteiger partial charge in [0.1, 0.15) is 0 Å². The van der Waals surface area contributed by atoms with Crippen molar-refractivity contribution in [2.24, 2.45) is 11.8 Å². The number of hydrogen-bond donors (Lipinski definition) is 0. The lowest BCUT2D eigenvalue weighted by molar-refractivity contribution is -0.215. The smallest absolute Gasteiger partial charge is 0.464 e. The van der Waals surface area contributed by atoms with E-state index in [1.54, 1.807) is 27.7 Å². The van der Waals surface area contributed by atoms with E-state index in [-0.39, 0.29) is 31.7 Å². The lowest BCUT2D eigenvalue weighted by Crippen LogP contribution is -2.40. The molecule has 0 saturated carbocycles. The molecule has 0 spiro atoms.